The van der Waals surface area contributed by atoms with E-state index in [1.165, 1.54) is 12.8 Å². The lowest BCUT2D eigenvalue weighted by molar-refractivity contribution is -0.121. The van der Waals surface area contributed by atoms with Gasteiger partial charge >= 0.3 is 0 Å². The smallest absolute Gasteiger partial charge is 0.220 e. The molecule has 104 valence electrons. The van der Waals surface area contributed by atoms with Crippen molar-refractivity contribution >= 4 is 5.91 Å². The Morgan fingerprint density at radius 1 is 1.17 bits per heavy atom. The molecule has 4 heteroatoms. The predicted octanol–water partition coefficient (Wildman–Crippen LogP) is 1.58. The van der Waals surface area contributed by atoms with E-state index in [0.29, 0.717) is 18.1 Å². The zero-order valence-corrected chi connectivity index (χ0v) is 11.2. The Morgan fingerprint density at radius 3 is 2.56 bits per heavy atom. The molecule has 2 aliphatic carbocycles. The first-order valence-corrected chi connectivity index (χ1v) is 7.38. The summed E-state index contributed by atoms with van der Waals surface area (Å²) >= 11 is 0. The second kappa shape index (κ2) is 7.10. The summed E-state index contributed by atoms with van der Waals surface area (Å²) in [6.45, 7) is 1.50. The van der Waals surface area contributed by atoms with Crippen LogP contribution < -0.4 is 11.1 Å². The van der Waals surface area contributed by atoms with E-state index in [9.17, 15) is 4.79 Å². The molecule has 0 aromatic carbocycles. The highest BCUT2D eigenvalue weighted by molar-refractivity contribution is 5.76. The predicted molar refractivity (Wildman–Crippen MR) is 71.2 cm³/mol. The summed E-state index contributed by atoms with van der Waals surface area (Å²) in [5.41, 5.74) is 5.85. The fourth-order valence-corrected chi connectivity index (χ4v) is 2.46. The zero-order chi connectivity index (χ0) is 12.8. The third kappa shape index (κ3) is 5.36. The fraction of sp³-hybridized carbons (Fsp3) is 0.929. The molecule has 0 radical (unpaired) electrons. The topological polar surface area (TPSA) is 64.3 Å². The van der Waals surface area contributed by atoms with E-state index in [1.807, 2.05) is 0 Å². The van der Waals surface area contributed by atoms with Crippen LogP contribution in [0.5, 0.6) is 0 Å². The molecule has 2 rings (SSSR count). The van der Waals surface area contributed by atoms with Gasteiger partial charge in [-0.3, -0.25) is 4.79 Å². The molecule has 18 heavy (non-hydrogen) atoms. The Kier molecular flexibility index (Phi) is 5.45. The molecule has 0 aromatic heterocycles. The number of nitrogens with one attached hydrogen (secondary N) is 1. The fourth-order valence-electron chi connectivity index (χ4n) is 2.46. The number of amides is 1. The van der Waals surface area contributed by atoms with Gasteiger partial charge in [-0.05, 0) is 50.9 Å². The van der Waals surface area contributed by atoms with Crippen LogP contribution in [0.3, 0.4) is 0 Å². The van der Waals surface area contributed by atoms with Crippen LogP contribution in [0.2, 0.25) is 0 Å². The van der Waals surface area contributed by atoms with Gasteiger partial charge in [-0.2, -0.15) is 0 Å². The van der Waals surface area contributed by atoms with E-state index in [1.54, 1.807) is 0 Å². The van der Waals surface area contributed by atoms with Crippen molar-refractivity contribution in [1.82, 2.24) is 5.32 Å². The highest BCUT2D eigenvalue weighted by Gasteiger charge is 2.24. The molecule has 2 aliphatic rings. The Bertz CT molecular complexity index is 259. The quantitative estimate of drug-likeness (QED) is 0.678. The number of hydrogen-bond donors (Lipinski definition) is 2. The van der Waals surface area contributed by atoms with Crippen molar-refractivity contribution < 1.29 is 9.53 Å². The molecule has 2 saturated carbocycles. The molecular weight excluding hydrogens is 228 g/mol. The summed E-state index contributed by atoms with van der Waals surface area (Å²) in [7, 11) is 0. The van der Waals surface area contributed by atoms with E-state index in [-0.39, 0.29) is 5.91 Å². The van der Waals surface area contributed by atoms with Crippen molar-refractivity contribution in [1.29, 1.82) is 0 Å². The van der Waals surface area contributed by atoms with Crippen molar-refractivity contribution in [2.45, 2.75) is 63.5 Å². The molecule has 0 spiro atoms. The number of hydrogen-bond acceptors (Lipinski definition) is 3. The molecule has 1 amide bonds. The number of carbonyl (C=O) groups excluding carboxylic acids is 1. The van der Waals surface area contributed by atoms with Gasteiger partial charge in [-0.15, -0.1) is 0 Å². The second-order valence-corrected chi connectivity index (χ2v) is 5.76. The molecular formula is C14H26N2O2. The second-order valence-electron chi connectivity index (χ2n) is 5.76. The number of rotatable bonds is 7. The van der Waals surface area contributed by atoms with E-state index in [0.717, 1.165) is 51.7 Å². The molecule has 3 N–H and O–H groups in total. The minimum atomic E-state index is 0.209. The van der Waals surface area contributed by atoms with Gasteiger partial charge in [-0.25, -0.2) is 0 Å². The van der Waals surface area contributed by atoms with Gasteiger partial charge in [0, 0.05) is 25.6 Å². The van der Waals surface area contributed by atoms with Gasteiger partial charge in [0.2, 0.25) is 5.91 Å². The molecule has 0 bridgehead atoms. The number of nitrogens with two attached hydrogens (primary N) is 1. The lowest BCUT2D eigenvalue weighted by atomic mass is 9.94. The summed E-state index contributed by atoms with van der Waals surface area (Å²) in [6.07, 6.45) is 8.86. The lowest BCUT2D eigenvalue weighted by Gasteiger charge is -2.26. The van der Waals surface area contributed by atoms with Gasteiger partial charge in [0.25, 0.3) is 0 Å². The van der Waals surface area contributed by atoms with E-state index in [4.69, 9.17) is 10.5 Å². The van der Waals surface area contributed by atoms with Crippen LogP contribution in [-0.2, 0) is 9.53 Å². The molecule has 0 unspecified atom stereocenters. The molecule has 2 fully saturated rings. The van der Waals surface area contributed by atoms with Crippen molar-refractivity contribution in [2.24, 2.45) is 11.7 Å². The first-order valence-electron chi connectivity index (χ1n) is 7.38. The van der Waals surface area contributed by atoms with Crippen molar-refractivity contribution in [3.8, 4) is 0 Å². The van der Waals surface area contributed by atoms with Crippen LogP contribution >= 0.6 is 0 Å². The van der Waals surface area contributed by atoms with Crippen molar-refractivity contribution in [2.75, 3.05) is 13.2 Å². The Morgan fingerprint density at radius 2 is 1.89 bits per heavy atom. The van der Waals surface area contributed by atoms with E-state index in [2.05, 4.69) is 5.32 Å². The van der Waals surface area contributed by atoms with Crippen molar-refractivity contribution in [3.05, 3.63) is 0 Å². The zero-order valence-electron chi connectivity index (χ0n) is 11.2. The standard InChI is InChI=1S/C14H26N2O2/c15-12-4-6-13(7-5-12)18-9-1-8-16-14(17)10-11-2-3-11/h11-13H,1-10,15H2,(H,16,17). The summed E-state index contributed by atoms with van der Waals surface area (Å²) < 4.78 is 5.80. The summed E-state index contributed by atoms with van der Waals surface area (Å²) in [4.78, 5) is 11.4. The summed E-state index contributed by atoms with van der Waals surface area (Å²) in [6, 6.07) is 0.381. The maximum atomic E-state index is 11.4. The molecule has 0 atom stereocenters. The molecule has 0 aliphatic heterocycles. The van der Waals surface area contributed by atoms with E-state index >= 15 is 0 Å². The molecule has 0 heterocycles. The highest BCUT2D eigenvalue weighted by Crippen LogP contribution is 2.32. The highest BCUT2D eigenvalue weighted by atomic mass is 16.5. The third-order valence-corrected chi connectivity index (χ3v) is 3.89. The van der Waals surface area contributed by atoms with Crippen LogP contribution in [0.1, 0.15) is 51.4 Å². The average molecular weight is 254 g/mol. The van der Waals surface area contributed by atoms with Gasteiger partial charge in [0.15, 0.2) is 0 Å². The lowest BCUT2D eigenvalue weighted by Crippen LogP contribution is -2.31. The maximum absolute atomic E-state index is 11.4. The van der Waals surface area contributed by atoms with Crippen LogP contribution in [-0.4, -0.2) is 31.2 Å². The van der Waals surface area contributed by atoms with Crippen molar-refractivity contribution in [3.63, 3.8) is 0 Å². The van der Waals surface area contributed by atoms with Gasteiger partial charge < -0.3 is 15.8 Å². The molecule has 0 saturated heterocycles. The van der Waals surface area contributed by atoms with Gasteiger partial charge in [0.1, 0.15) is 0 Å². The third-order valence-electron chi connectivity index (χ3n) is 3.89. The molecule has 4 nitrogen and oxygen atoms in total. The Balaban J connectivity index is 1.42. The van der Waals surface area contributed by atoms with Crippen LogP contribution in [0.25, 0.3) is 0 Å². The van der Waals surface area contributed by atoms with Crippen LogP contribution in [0.4, 0.5) is 0 Å². The SMILES string of the molecule is NC1CCC(OCCCNC(=O)CC2CC2)CC1. The molecule has 0 aromatic rings. The summed E-state index contributed by atoms with van der Waals surface area (Å²) in [5, 5.41) is 2.96. The largest absolute Gasteiger partial charge is 0.378 e. The Labute approximate surface area is 110 Å². The van der Waals surface area contributed by atoms with E-state index < -0.39 is 0 Å². The Hall–Kier alpha value is -0.610. The average Bonchev–Trinajstić information content (AvgIpc) is 3.15. The number of carbonyl (C=O) groups is 1. The maximum Gasteiger partial charge on any atom is 0.220 e. The van der Waals surface area contributed by atoms with Gasteiger partial charge in [0.05, 0.1) is 6.10 Å². The first kappa shape index (κ1) is 13.8. The normalized spacial score (nSPS) is 28.1. The minimum Gasteiger partial charge on any atom is -0.378 e. The monoisotopic (exact) mass is 254 g/mol. The summed E-state index contributed by atoms with van der Waals surface area (Å²) in [5.74, 6) is 0.883. The minimum absolute atomic E-state index is 0.209. The first-order chi connectivity index (χ1) is 8.74. The van der Waals surface area contributed by atoms with Gasteiger partial charge in [-0.1, -0.05) is 0 Å². The number of ether oxygens (including phenoxy) is 1. The van der Waals surface area contributed by atoms with Crippen LogP contribution in [0.15, 0.2) is 0 Å². The van der Waals surface area contributed by atoms with Crippen LogP contribution in [0, 0.1) is 5.92 Å².